The van der Waals surface area contributed by atoms with Crippen molar-refractivity contribution in [2.45, 2.75) is 25.8 Å². The summed E-state index contributed by atoms with van der Waals surface area (Å²) < 4.78 is 0.915. The van der Waals surface area contributed by atoms with Gasteiger partial charge in [-0.2, -0.15) is 0 Å². The van der Waals surface area contributed by atoms with Gasteiger partial charge in [0.2, 0.25) is 5.91 Å². The van der Waals surface area contributed by atoms with E-state index in [-0.39, 0.29) is 18.2 Å². The van der Waals surface area contributed by atoms with Crippen molar-refractivity contribution >= 4 is 27.7 Å². The predicted molar refractivity (Wildman–Crippen MR) is 82.4 cm³/mol. The molecule has 0 atom stereocenters. The Morgan fingerprint density at radius 2 is 1.80 bits per heavy atom. The molecule has 0 saturated carbocycles. The third-order valence-electron chi connectivity index (χ3n) is 2.49. The quantitative estimate of drug-likeness (QED) is 0.731. The SMILES string of the molecule is CC(C)(N)CNC(=O)CCNC(=O)c1ccc(Br)cc1. The number of nitrogens with one attached hydrogen (secondary N) is 2. The molecule has 1 aromatic carbocycles. The second-order valence-electron chi connectivity index (χ2n) is 5.28. The molecule has 20 heavy (non-hydrogen) atoms. The van der Waals surface area contributed by atoms with Crippen LogP contribution in [0.4, 0.5) is 0 Å². The summed E-state index contributed by atoms with van der Waals surface area (Å²) >= 11 is 3.30. The fraction of sp³-hybridized carbons (Fsp3) is 0.429. The zero-order chi connectivity index (χ0) is 15.2. The fourth-order valence-corrected chi connectivity index (χ4v) is 1.67. The van der Waals surface area contributed by atoms with Crippen LogP contribution in [0.5, 0.6) is 0 Å². The molecule has 0 heterocycles. The summed E-state index contributed by atoms with van der Waals surface area (Å²) in [5.74, 6) is -0.316. The van der Waals surface area contributed by atoms with Gasteiger partial charge in [-0.1, -0.05) is 15.9 Å². The molecule has 4 N–H and O–H groups in total. The van der Waals surface area contributed by atoms with Crippen molar-refractivity contribution in [1.82, 2.24) is 10.6 Å². The van der Waals surface area contributed by atoms with Gasteiger partial charge in [-0.25, -0.2) is 0 Å². The topological polar surface area (TPSA) is 84.2 Å². The highest BCUT2D eigenvalue weighted by atomic mass is 79.9. The summed E-state index contributed by atoms with van der Waals surface area (Å²) in [6.07, 6.45) is 0.234. The number of benzene rings is 1. The number of amides is 2. The largest absolute Gasteiger partial charge is 0.354 e. The highest BCUT2D eigenvalue weighted by Crippen LogP contribution is 2.10. The van der Waals surface area contributed by atoms with E-state index in [9.17, 15) is 9.59 Å². The third-order valence-corrected chi connectivity index (χ3v) is 3.01. The van der Waals surface area contributed by atoms with Gasteiger partial charge in [-0.05, 0) is 38.1 Å². The van der Waals surface area contributed by atoms with Gasteiger partial charge in [0.05, 0.1) is 0 Å². The van der Waals surface area contributed by atoms with E-state index in [1.54, 1.807) is 24.3 Å². The standard InChI is InChI=1S/C14H20BrN3O2/c1-14(2,16)9-18-12(19)7-8-17-13(20)10-3-5-11(15)6-4-10/h3-6H,7-9,16H2,1-2H3,(H,17,20)(H,18,19). The molecule has 110 valence electrons. The van der Waals surface area contributed by atoms with E-state index >= 15 is 0 Å². The molecule has 5 nitrogen and oxygen atoms in total. The van der Waals surface area contributed by atoms with Crippen molar-refractivity contribution in [3.63, 3.8) is 0 Å². The Morgan fingerprint density at radius 3 is 2.35 bits per heavy atom. The molecule has 0 bridgehead atoms. The Kier molecular flexibility index (Phi) is 6.16. The molecule has 0 fully saturated rings. The lowest BCUT2D eigenvalue weighted by molar-refractivity contribution is -0.121. The molecule has 6 heteroatoms. The lowest BCUT2D eigenvalue weighted by Crippen LogP contribution is -2.45. The van der Waals surface area contributed by atoms with Crippen LogP contribution in [0.25, 0.3) is 0 Å². The van der Waals surface area contributed by atoms with E-state index in [0.29, 0.717) is 18.7 Å². The van der Waals surface area contributed by atoms with Crippen LogP contribution < -0.4 is 16.4 Å². The molecule has 0 aliphatic carbocycles. The van der Waals surface area contributed by atoms with Crippen LogP contribution in [-0.2, 0) is 4.79 Å². The number of nitrogens with two attached hydrogens (primary N) is 1. The van der Waals surface area contributed by atoms with E-state index in [4.69, 9.17) is 5.73 Å². The van der Waals surface area contributed by atoms with Crippen molar-refractivity contribution in [2.24, 2.45) is 5.73 Å². The number of halogens is 1. The van der Waals surface area contributed by atoms with E-state index in [2.05, 4.69) is 26.6 Å². The second kappa shape index (κ2) is 7.40. The summed E-state index contributed by atoms with van der Waals surface area (Å²) in [7, 11) is 0. The second-order valence-corrected chi connectivity index (χ2v) is 6.19. The Bertz CT molecular complexity index is 466. The van der Waals surface area contributed by atoms with Gasteiger partial charge in [-0.3, -0.25) is 9.59 Å². The van der Waals surface area contributed by atoms with Gasteiger partial charge in [0.1, 0.15) is 0 Å². The molecule has 2 amide bonds. The minimum absolute atomic E-state index is 0.125. The van der Waals surface area contributed by atoms with Crippen LogP contribution in [0, 0.1) is 0 Å². The van der Waals surface area contributed by atoms with Crippen molar-refractivity contribution in [2.75, 3.05) is 13.1 Å². The fourth-order valence-electron chi connectivity index (χ4n) is 1.41. The Balaban J connectivity index is 2.28. The molecule has 1 rings (SSSR count). The molecule has 1 aromatic rings. The molecule has 0 spiro atoms. The highest BCUT2D eigenvalue weighted by molar-refractivity contribution is 9.10. The molecule has 0 saturated heterocycles. The van der Waals surface area contributed by atoms with E-state index < -0.39 is 5.54 Å². The lowest BCUT2D eigenvalue weighted by atomic mass is 10.1. The lowest BCUT2D eigenvalue weighted by Gasteiger charge is -2.18. The van der Waals surface area contributed by atoms with Crippen LogP contribution in [-0.4, -0.2) is 30.4 Å². The number of hydrogen-bond donors (Lipinski definition) is 3. The molecule has 0 unspecified atom stereocenters. The van der Waals surface area contributed by atoms with Gasteiger partial charge < -0.3 is 16.4 Å². The van der Waals surface area contributed by atoms with Crippen LogP contribution in [0.15, 0.2) is 28.7 Å². The van der Waals surface area contributed by atoms with Gasteiger partial charge >= 0.3 is 0 Å². The van der Waals surface area contributed by atoms with Gasteiger partial charge in [0.15, 0.2) is 0 Å². The normalized spacial score (nSPS) is 11.0. The zero-order valence-corrected chi connectivity index (χ0v) is 13.3. The van der Waals surface area contributed by atoms with Crippen LogP contribution in [0.1, 0.15) is 30.6 Å². The van der Waals surface area contributed by atoms with Crippen molar-refractivity contribution in [3.8, 4) is 0 Å². The van der Waals surface area contributed by atoms with Crippen LogP contribution in [0.3, 0.4) is 0 Å². The summed E-state index contributed by atoms with van der Waals surface area (Å²) in [5, 5.41) is 5.42. The summed E-state index contributed by atoms with van der Waals surface area (Å²) in [6, 6.07) is 7.03. The van der Waals surface area contributed by atoms with E-state index in [1.807, 2.05) is 13.8 Å². The first-order valence-corrected chi connectivity index (χ1v) is 7.16. The summed E-state index contributed by atoms with van der Waals surface area (Å²) in [6.45, 7) is 4.38. The van der Waals surface area contributed by atoms with Crippen LogP contribution >= 0.6 is 15.9 Å². The van der Waals surface area contributed by atoms with E-state index in [1.165, 1.54) is 0 Å². The van der Waals surface area contributed by atoms with Gasteiger partial charge in [0, 0.05) is 35.1 Å². The Morgan fingerprint density at radius 1 is 1.20 bits per heavy atom. The minimum atomic E-state index is -0.434. The number of carbonyl (C=O) groups excluding carboxylic acids is 2. The van der Waals surface area contributed by atoms with Crippen molar-refractivity contribution < 1.29 is 9.59 Å². The first-order valence-electron chi connectivity index (χ1n) is 6.37. The van der Waals surface area contributed by atoms with Crippen molar-refractivity contribution in [1.29, 1.82) is 0 Å². The molecular formula is C14H20BrN3O2. The minimum Gasteiger partial charge on any atom is -0.354 e. The smallest absolute Gasteiger partial charge is 0.251 e. The maximum atomic E-state index is 11.8. The molecule has 0 radical (unpaired) electrons. The average molecular weight is 342 g/mol. The van der Waals surface area contributed by atoms with Crippen molar-refractivity contribution in [3.05, 3.63) is 34.3 Å². The Hall–Kier alpha value is -1.40. The monoisotopic (exact) mass is 341 g/mol. The molecule has 0 aliphatic rings. The van der Waals surface area contributed by atoms with Crippen LogP contribution in [0.2, 0.25) is 0 Å². The predicted octanol–water partition coefficient (Wildman–Crippen LogP) is 1.42. The number of carbonyl (C=O) groups is 2. The first kappa shape index (κ1) is 16.7. The number of rotatable bonds is 6. The molecule has 0 aromatic heterocycles. The van der Waals surface area contributed by atoms with Gasteiger partial charge in [0.25, 0.3) is 5.91 Å². The first-order chi connectivity index (χ1) is 9.28. The van der Waals surface area contributed by atoms with Gasteiger partial charge in [-0.15, -0.1) is 0 Å². The molecule has 0 aliphatic heterocycles. The number of hydrogen-bond acceptors (Lipinski definition) is 3. The summed E-state index contributed by atoms with van der Waals surface area (Å²) in [5.41, 5.74) is 5.89. The summed E-state index contributed by atoms with van der Waals surface area (Å²) in [4.78, 5) is 23.3. The molecular weight excluding hydrogens is 322 g/mol. The maximum Gasteiger partial charge on any atom is 0.251 e. The average Bonchev–Trinajstić information content (AvgIpc) is 2.36. The zero-order valence-electron chi connectivity index (χ0n) is 11.7. The van der Waals surface area contributed by atoms with E-state index in [0.717, 1.165) is 4.47 Å². The Labute approximate surface area is 127 Å². The maximum absolute atomic E-state index is 11.8. The highest BCUT2D eigenvalue weighted by Gasteiger charge is 2.12. The third kappa shape index (κ3) is 6.68.